The van der Waals surface area contributed by atoms with Crippen molar-refractivity contribution < 1.29 is 9.53 Å². The molecule has 2 rings (SSSR count). The molecule has 20 heavy (non-hydrogen) atoms. The minimum Gasteiger partial charge on any atom is -0.445 e. The van der Waals surface area contributed by atoms with Crippen LogP contribution in [0.25, 0.3) is 0 Å². The van der Waals surface area contributed by atoms with Crippen molar-refractivity contribution in [3.63, 3.8) is 0 Å². The van der Waals surface area contributed by atoms with Crippen LogP contribution in [0.15, 0.2) is 30.3 Å². The van der Waals surface area contributed by atoms with E-state index in [0.29, 0.717) is 6.54 Å². The van der Waals surface area contributed by atoms with Gasteiger partial charge in [-0.25, -0.2) is 4.79 Å². The number of nitrogens with zero attached hydrogens (tertiary/aromatic N) is 2. The molecule has 0 N–H and O–H groups in total. The molecule has 0 saturated carbocycles. The van der Waals surface area contributed by atoms with Crippen LogP contribution in [-0.4, -0.2) is 48.7 Å². The van der Waals surface area contributed by atoms with E-state index in [1.54, 1.807) is 11.9 Å². The van der Waals surface area contributed by atoms with Crippen LogP contribution in [0, 0.1) is 0 Å². The van der Waals surface area contributed by atoms with E-state index >= 15 is 0 Å². The lowest BCUT2D eigenvalue weighted by molar-refractivity contribution is 0.0240. The summed E-state index contributed by atoms with van der Waals surface area (Å²) >= 11 is 0. The predicted molar refractivity (Wildman–Crippen MR) is 79.5 cm³/mol. The molecule has 0 aromatic heterocycles. The van der Waals surface area contributed by atoms with Gasteiger partial charge in [-0.2, -0.15) is 0 Å². The summed E-state index contributed by atoms with van der Waals surface area (Å²) in [4.78, 5) is 15.8. The molecular formula is C16H24N2O2. The van der Waals surface area contributed by atoms with E-state index < -0.39 is 0 Å². The molecule has 1 atom stereocenters. The highest BCUT2D eigenvalue weighted by Gasteiger charge is 2.24. The number of hydrogen-bond acceptors (Lipinski definition) is 3. The van der Waals surface area contributed by atoms with E-state index in [4.69, 9.17) is 4.74 Å². The van der Waals surface area contributed by atoms with Gasteiger partial charge in [0.05, 0.1) is 0 Å². The molecule has 0 aliphatic carbocycles. The number of likely N-dealkylation sites (tertiary alicyclic amines) is 1. The largest absolute Gasteiger partial charge is 0.445 e. The van der Waals surface area contributed by atoms with Crippen LogP contribution >= 0.6 is 0 Å². The molecule has 1 fully saturated rings. The van der Waals surface area contributed by atoms with Gasteiger partial charge in [0, 0.05) is 26.7 Å². The summed E-state index contributed by atoms with van der Waals surface area (Å²) in [7, 11) is 1.77. The van der Waals surface area contributed by atoms with Gasteiger partial charge in [0.2, 0.25) is 0 Å². The number of piperidine rings is 1. The Hall–Kier alpha value is -1.55. The molecule has 110 valence electrons. The van der Waals surface area contributed by atoms with E-state index in [1.165, 1.54) is 5.56 Å². The second kappa shape index (κ2) is 7.29. The van der Waals surface area contributed by atoms with Crippen LogP contribution in [0.4, 0.5) is 4.79 Å². The smallest absolute Gasteiger partial charge is 0.409 e. The molecule has 1 saturated heterocycles. The van der Waals surface area contributed by atoms with Crippen LogP contribution in [0.3, 0.4) is 0 Å². The van der Waals surface area contributed by atoms with Crippen molar-refractivity contribution in [3.05, 3.63) is 35.9 Å². The zero-order valence-corrected chi connectivity index (χ0v) is 12.4. The van der Waals surface area contributed by atoms with Crippen molar-refractivity contribution in [2.75, 3.05) is 26.7 Å². The number of carbonyl (C=O) groups excluding carboxylic acids is 1. The fraction of sp³-hybridized carbons (Fsp3) is 0.562. The lowest BCUT2D eigenvalue weighted by Gasteiger charge is -2.33. The molecule has 0 radical (unpaired) electrons. The second-order valence-electron chi connectivity index (χ2n) is 5.38. The summed E-state index contributed by atoms with van der Waals surface area (Å²) in [5.41, 5.74) is 1.31. The Bertz CT molecular complexity index is 422. The molecule has 4 nitrogen and oxygen atoms in total. The van der Waals surface area contributed by atoms with Gasteiger partial charge in [-0.15, -0.1) is 0 Å². The highest BCUT2D eigenvalue weighted by molar-refractivity contribution is 5.67. The van der Waals surface area contributed by atoms with E-state index in [1.807, 2.05) is 13.0 Å². The van der Waals surface area contributed by atoms with Crippen molar-refractivity contribution in [2.24, 2.45) is 0 Å². The third-order valence-electron chi connectivity index (χ3n) is 3.76. The fourth-order valence-electron chi connectivity index (χ4n) is 2.46. The standard InChI is InChI=1S/C16H24N2O2/c1-3-17(2)16(19)20-15-10-7-11-18(13-15)12-14-8-5-4-6-9-14/h4-6,8-9,15H,3,7,10-13H2,1-2H3. The maximum Gasteiger partial charge on any atom is 0.409 e. The van der Waals surface area contributed by atoms with Gasteiger partial charge in [0.25, 0.3) is 0 Å². The Kier molecular flexibility index (Phi) is 5.41. The molecule has 4 heteroatoms. The minimum atomic E-state index is -0.209. The zero-order chi connectivity index (χ0) is 14.4. The average molecular weight is 276 g/mol. The van der Waals surface area contributed by atoms with Gasteiger partial charge >= 0.3 is 6.09 Å². The highest BCUT2D eigenvalue weighted by Crippen LogP contribution is 2.16. The van der Waals surface area contributed by atoms with E-state index in [9.17, 15) is 4.79 Å². The van der Waals surface area contributed by atoms with Crippen molar-refractivity contribution in [2.45, 2.75) is 32.4 Å². The summed E-state index contributed by atoms with van der Waals surface area (Å²) in [6.07, 6.45) is 1.86. The molecule has 0 spiro atoms. The van der Waals surface area contributed by atoms with Crippen molar-refractivity contribution in [1.82, 2.24) is 9.80 Å². The molecular weight excluding hydrogens is 252 g/mol. The van der Waals surface area contributed by atoms with Gasteiger partial charge in [-0.1, -0.05) is 30.3 Å². The summed E-state index contributed by atoms with van der Waals surface area (Å²) in [6, 6.07) is 10.4. The first-order valence-electron chi connectivity index (χ1n) is 7.37. The molecule has 1 amide bonds. The van der Waals surface area contributed by atoms with Crippen molar-refractivity contribution >= 4 is 6.09 Å². The number of amides is 1. The lowest BCUT2D eigenvalue weighted by atomic mass is 10.1. The Morgan fingerprint density at radius 1 is 1.40 bits per heavy atom. The van der Waals surface area contributed by atoms with Gasteiger partial charge in [-0.3, -0.25) is 4.90 Å². The number of carbonyl (C=O) groups is 1. The zero-order valence-electron chi connectivity index (χ0n) is 12.4. The highest BCUT2D eigenvalue weighted by atomic mass is 16.6. The van der Waals surface area contributed by atoms with Crippen LogP contribution in [0.5, 0.6) is 0 Å². The van der Waals surface area contributed by atoms with Gasteiger partial charge in [-0.05, 0) is 31.9 Å². The van der Waals surface area contributed by atoms with Crippen LogP contribution in [0.1, 0.15) is 25.3 Å². The topological polar surface area (TPSA) is 32.8 Å². The number of ether oxygens (including phenoxy) is 1. The third-order valence-corrected chi connectivity index (χ3v) is 3.76. The maximum atomic E-state index is 11.8. The Morgan fingerprint density at radius 3 is 2.85 bits per heavy atom. The SMILES string of the molecule is CCN(C)C(=O)OC1CCCN(Cc2ccccc2)C1. The maximum absolute atomic E-state index is 11.8. The van der Waals surface area contributed by atoms with E-state index in [0.717, 1.165) is 32.5 Å². The summed E-state index contributed by atoms with van der Waals surface area (Å²) in [5, 5.41) is 0. The predicted octanol–water partition coefficient (Wildman–Crippen LogP) is 2.74. The van der Waals surface area contributed by atoms with Crippen LogP contribution < -0.4 is 0 Å². The lowest BCUT2D eigenvalue weighted by Crippen LogP contribution is -2.42. The van der Waals surface area contributed by atoms with Crippen LogP contribution in [0.2, 0.25) is 0 Å². The number of benzene rings is 1. The molecule has 1 aromatic rings. The normalized spacial score (nSPS) is 19.6. The van der Waals surface area contributed by atoms with Crippen molar-refractivity contribution in [1.29, 1.82) is 0 Å². The van der Waals surface area contributed by atoms with Gasteiger partial charge < -0.3 is 9.64 Å². The molecule has 1 unspecified atom stereocenters. The fourth-order valence-corrected chi connectivity index (χ4v) is 2.46. The van der Waals surface area contributed by atoms with Crippen molar-refractivity contribution in [3.8, 4) is 0 Å². The van der Waals surface area contributed by atoms with E-state index in [-0.39, 0.29) is 12.2 Å². The quantitative estimate of drug-likeness (QED) is 0.847. The first kappa shape index (κ1) is 14.9. The Balaban J connectivity index is 1.84. The molecule has 1 heterocycles. The molecule has 1 aliphatic rings. The first-order chi connectivity index (χ1) is 9.69. The van der Waals surface area contributed by atoms with Crippen LogP contribution in [-0.2, 0) is 11.3 Å². The summed E-state index contributed by atoms with van der Waals surface area (Å²) < 4.78 is 5.56. The Labute approximate surface area is 121 Å². The minimum absolute atomic E-state index is 0.0222. The summed E-state index contributed by atoms with van der Waals surface area (Å²) in [5.74, 6) is 0. The first-order valence-corrected chi connectivity index (χ1v) is 7.37. The third kappa shape index (κ3) is 4.23. The second-order valence-corrected chi connectivity index (χ2v) is 5.38. The number of hydrogen-bond donors (Lipinski definition) is 0. The van der Waals surface area contributed by atoms with E-state index in [2.05, 4.69) is 29.2 Å². The molecule has 0 bridgehead atoms. The molecule has 1 aromatic carbocycles. The molecule has 1 aliphatic heterocycles. The summed E-state index contributed by atoms with van der Waals surface area (Å²) in [6.45, 7) is 5.46. The monoisotopic (exact) mass is 276 g/mol. The van der Waals surface area contributed by atoms with Gasteiger partial charge in [0.15, 0.2) is 0 Å². The number of rotatable bonds is 4. The average Bonchev–Trinajstić information content (AvgIpc) is 2.47. The van der Waals surface area contributed by atoms with Gasteiger partial charge in [0.1, 0.15) is 6.10 Å². The Morgan fingerprint density at radius 2 is 2.15 bits per heavy atom.